The van der Waals surface area contributed by atoms with Crippen molar-refractivity contribution in [3.8, 4) is 0 Å². The van der Waals surface area contributed by atoms with Crippen molar-refractivity contribution in [2.75, 3.05) is 31.1 Å². The maximum absolute atomic E-state index is 12.3. The van der Waals surface area contributed by atoms with Crippen molar-refractivity contribution < 1.29 is 9.59 Å². The number of carbonyl (C=O) groups excluding carboxylic acids is 2. The highest BCUT2D eigenvalue weighted by atomic mass is 35.5. The molecule has 1 aromatic heterocycles. The van der Waals surface area contributed by atoms with Gasteiger partial charge in [0.1, 0.15) is 11.9 Å². The van der Waals surface area contributed by atoms with Crippen LogP contribution in [0.5, 0.6) is 0 Å². The molecule has 2 amide bonds. The Bertz CT molecular complexity index is 540. The molecule has 0 aliphatic carbocycles. The van der Waals surface area contributed by atoms with E-state index in [1.807, 2.05) is 17.0 Å². The molecule has 2 fully saturated rings. The number of piperazine rings is 1. The number of halogens is 1. The van der Waals surface area contributed by atoms with Crippen molar-refractivity contribution in [3.05, 3.63) is 23.4 Å². The van der Waals surface area contributed by atoms with Gasteiger partial charge >= 0.3 is 0 Å². The fraction of sp³-hybridized carbons (Fsp3) is 0.500. The van der Waals surface area contributed by atoms with Crippen molar-refractivity contribution >= 4 is 29.2 Å². The average molecular weight is 309 g/mol. The van der Waals surface area contributed by atoms with E-state index >= 15 is 0 Å². The molecule has 112 valence electrons. The minimum Gasteiger partial charge on any atom is -0.353 e. The van der Waals surface area contributed by atoms with E-state index in [4.69, 9.17) is 11.6 Å². The van der Waals surface area contributed by atoms with Gasteiger partial charge in [0.2, 0.25) is 11.8 Å². The van der Waals surface area contributed by atoms with Gasteiger partial charge in [0.25, 0.3) is 0 Å². The average Bonchev–Trinajstić information content (AvgIpc) is 2.94. The zero-order valence-corrected chi connectivity index (χ0v) is 12.3. The molecule has 1 N–H and O–H groups in total. The van der Waals surface area contributed by atoms with Crippen molar-refractivity contribution in [1.29, 1.82) is 0 Å². The van der Waals surface area contributed by atoms with Crippen molar-refractivity contribution in [2.24, 2.45) is 0 Å². The highest BCUT2D eigenvalue weighted by molar-refractivity contribution is 6.30. The highest BCUT2D eigenvalue weighted by Gasteiger charge is 2.32. The molecule has 0 unspecified atom stereocenters. The van der Waals surface area contributed by atoms with E-state index in [-0.39, 0.29) is 17.9 Å². The smallest absolute Gasteiger partial charge is 0.245 e. The third kappa shape index (κ3) is 3.10. The van der Waals surface area contributed by atoms with E-state index in [0.29, 0.717) is 31.0 Å². The molecule has 2 aliphatic heterocycles. The number of hydrogen-bond acceptors (Lipinski definition) is 4. The van der Waals surface area contributed by atoms with Gasteiger partial charge in [-0.2, -0.15) is 0 Å². The molecule has 7 heteroatoms. The molecule has 1 aromatic rings. The van der Waals surface area contributed by atoms with Crippen LogP contribution in [-0.4, -0.2) is 53.9 Å². The van der Waals surface area contributed by atoms with E-state index in [2.05, 4.69) is 15.2 Å². The van der Waals surface area contributed by atoms with E-state index < -0.39 is 0 Å². The fourth-order valence-corrected chi connectivity index (χ4v) is 2.84. The standard InChI is InChI=1S/C14H17ClN4O2/c15-10-1-3-12(16-9-10)18-5-7-19(8-6-18)14(21)11-2-4-13(20)17-11/h1,3,9,11H,2,4-8H2,(H,17,20)/t11-/m1/s1. The first-order valence-electron chi connectivity index (χ1n) is 7.08. The summed E-state index contributed by atoms with van der Waals surface area (Å²) in [7, 11) is 0. The van der Waals surface area contributed by atoms with Gasteiger partial charge in [-0.05, 0) is 18.6 Å². The van der Waals surface area contributed by atoms with Crippen molar-refractivity contribution in [2.45, 2.75) is 18.9 Å². The lowest BCUT2D eigenvalue weighted by molar-refractivity contribution is -0.134. The lowest BCUT2D eigenvalue weighted by Crippen LogP contribution is -2.53. The van der Waals surface area contributed by atoms with Crippen LogP contribution < -0.4 is 10.2 Å². The number of aromatic nitrogens is 1. The molecule has 0 spiro atoms. The van der Waals surface area contributed by atoms with Crippen LogP contribution in [0.2, 0.25) is 5.02 Å². The number of carbonyl (C=O) groups is 2. The van der Waals surface area contributed by atoms with Gasteiger partial charge in [0, 0.05) is 38.8 Å². The van der Waals surface area contributed by atoms with Gasteiger partial charge < -0.3 is 15.1 Å². The van der Waals surface area contributed by atoms with Crippen LogP contribution in [0.1, 0.15) is 12.8 Å². The molecule has 1 atom stereocenters. The molecule has 0 aromatic carbocycles. The first kappa shape index (κ1) is 14.1. The summed E-state index contributed by atoms with van der Waals surface area (Å²) in [6.45, 7) is 2.77. The van der Waals surface area contributed by atoms with Gasteiger partial charge in [-0.3, -0.25) is 9.59 Å². The molecule has 3 rings (SSSR count). The number of anilines is 1. The monoisotopic (exact) mass is 308 g/mol. The largest absolute Gasteiger partial charge is 0.353 e. The van der Waals surface area contributed by atoms with Gasteiger partial charge in [-0.25, -0.2) is 4.98 Å². The summed E-state index contributed by atoms with van der Waals surface area (Å²) in [6, 6.07) is 3.37. The molecule has 3 heterocycles. The maximum atomic E-state index is 12.3. The zero-order chi connectivity index (χ0) is 14.8. The van der Waals surface area contributed by atoms with E-state index in [1.54, 1.807) is 6.20 Å². The lowest BCUT2D eigenvalue weighted by Gasteiger charge is -2.36. The summed E-state index contributed by atoms with van der Waals surface area (Å²) in [5.41, 5.74) is 0. The first-order valence-corrected chi connectivity index (χ1v) is 7.46. The van der Waals surface area contributed by atoms with Crippen LogP contribution in [0.15, 0.2) is 18.3 Å². The third-order valence-corrected chi connectivity index (χ3v) is 4.14. The summed E-state index contributed by atoms with van der Waals surface area (Å²) in [5.74, 6) is 0.877. The minimum atomic E-state index is -0.335. The number of hydrogen-bond donors (Lipinski definition) is 1. The summed E-state index contributed by atoms with van der Waals surface area (Å²) in [5, 5.41) is 3.34. The molecule has 0 bridgehead atoms. The molecule has 0 radical (unpaired) electrons. The minimum absolute atomic E-state index is 0.0302. The number of amides is 2. The summed E-state index contributed by atoms with van der Waals surface area (Å²) < 4.78 is 0. The first-order chi connectivity index (χ1) is 10.1. The Morgan fingerprint density at radius 1 is 1.29 bits per heavy atom. The molecule has 6 nitrogen and oxygen atoms in total. The van der Waals surface area contributed by atoms with Crippen LogP contribution in [0, 0.1) is 0 Å². The molecule has 21 heavy (non-hydrogen) atoms. The second kappa shape index (κ2) is 5.89. The second-order valence-electron chi connectivity index (χ2n) is 5.31. The van der Waals surface area contributed by atoms with Crippen molar-refractivity contribution in [1.82, 2.24) is 15.2 Å². The SMILES string of the molecule is O=C1CC[C@H](C(=O)N2CCN(c3ccc(Cl)cn3)CC2)N1. The Kier molecular flexibility index (Phi) is 3.96. The normalized spacial score (nSPS) is 22.3. The number of pyridine rings is 1. The molecule has 0 saturated carbocycles. The quantitative estimate of drug-likeness (QED) is 0.872. The van der Waals surface area contributed by atoms with E-state index in [1.165, 1.54) is 0 Å². The van der Waals surface area contributed by atoms with Crippen LogP contribution in [-0.2, 0) is 9.59 Å². The number of rotatable bonds is 2. The molecular formula is C14H17ClN4O2. The van der Waals surface area contributed by atoms with Gasteiger partial charge in [0.05, 0.1) is 5.02 Å². The van der Waals surface area contributed by atoms with Crippen LogP contribution in [0.3, 0.4) is 0 Å². The number of nitrogens with one attached hydrogen (secondary N) is 1. The summed E-state index contributed by atoms with van der Waals surface area (Å²) in [4.78, 5) is 31.7. The lowest BCUT2D eigenvalue weighted by atomic mass is 10.2. The maximum Gasteiger partial charge on any atom is 0.245 e. The van der Waals surface area contributed by atoms with Gasteiger partial charge in [-0.15, -0.1) is 0 Å². The van der Waals surface area contributed by atoms with Crippen molar-refractivity contribution in [3.63, 3.8) is 0 Å². The van der Waals surface area contributed by atoms with Crippen LogP contribution in [0.25, 0.3) is 0 Å². The van der Waals surface area contributed by atoms with E-state index in [9.17, 15) is 9.59 Å². The van der Waals surface area contributed by atoms with E-state index in [0.717, 1.165) is 18.9 Å². The highest BCUT2D eigenvalue weighted by Crippen LogP contribution is 2.17. The molecule has 2 saturated heterocycles. The molecule has 2 aliphatic rings. The second-order valence-corrected chi connectivity index (χ2v) is 5.74. The Balaban J connectivity index is 1.56. The predicted molar refractivity (Wildman–Crippen MR) is 79.2 cm³/mol. The Morgan fingerprint density at radius 3 is 2.62 bits per heavy atom. The Labute approximate surface area is 128 Å². The van der Waals surface area contributed by atoms with Crippen LogP contribution >= 0.6 is 11.6 Å². The molecular weight excluding hydrogens is 292 g/mol. The van der Waals surface area contributed by atoms with Gasteiger partial charge in [-0.1, -0.05) is 11.6 Å². The van der Waals surface area contributed by atoms with Gasteiger partial charge in [0.15, 0.2) is 0 Å². The summed E-state index contributed by atoms with van der Waals surface area (Å²) in [6.07, 6.45) is 2.68. The fourth-order valence-electron chi connectivity index (χ4n) is 2.73. The predicted octanol–water partition coefficient (Wildman–Crippen LogP) is 0.662. The Hall–Kier alpha value is -1.82. The zero-order valence-electron chi connectivity index (χ0n) is 11.6. The third-order valence-electron chi connectivity index (χ3n) is 3.92. The van der Waals surface area contributed by atoms with Crippen LogP contribution in [0.4, 0.5) is 5.82 Å². The number of nitrogens with zero attached hydrogens (tertiary/aromatic N) is 3. The summed E-state index contributed by atoms with van der Waals surface area (Å²) >= 11 is 5.83. The Morgan fingerprint density at radius 2 is 2.05 bits per heavy atom. The topological polar surface area (TPSA) is 65.5 Å².